The van der Waals surface area contributed by atoms with Crippen LogP contribution in [0.4, 0.5) is 0 Å². The molecule has 1 aromatic heterocycles. The van der Waals surface area contributed by atoms with Crippen LogP contribution in [0, 0.1) is 12.3 Å². The smallest absolute Gasteiger partial charge is 0.251 e. The van der Waals surface area contributed by atoms with Crippen molar-refractivity contribution in [3.8, 4) is 12.3 Å². The SMILES string of the molecule is C#CCCC1(CCNC(=O)CCNC(=O)c2ccc3cn[nH]c3c2)N=N1. The van der Waals surface area contributed by atoms with E-state index in [0.717, 1.165) is 17.3 Å². The Labute approximate surface area is 150 Å². The number of carbonyl (C=O) groups excluding carboxylic acids is 2. The molecule has 0 atom stereocenters. The molecule has 0 spiro atoms. The molecule has 3 N–H and O–H groups in total. The largest absolute Gasteiger partial charge is 0.356 e. The van der Waals surface area contributed by atoms with E-state index in [1.54, 1.807) is 18.3 Å². The summed E-state index contributed by atoms with van der Waals surface area (Å²) in [6, 6.07) is 5.28. The highest BCUT2D eigenvalue weighted by Gasteiger charge is 2.38. The fraction of sp³-hybridized carbons (Fsp3) is 0.389. The van der Waals surface area contributed by atoms with Crippen LogP contribution in [0.3, 0.4) is 0 Å². The number of hydrogen-bond acceptors (Lipinski definition) is 5. The number of hydrogen-bond donors (Lipinski definition) is 3. The summed E-state index contributed by atoms with van der Waals surface area (Å²) in [5.41, 5.74) is 0.929. The maximum atomic E-state index is 12.1. The first kappa shape index (κ1) is 17.6. The third-order valence-electron chi connectivity index (χ3n) is 4.24. The summed E-state index contributed by atoms with van der Waals surface area (Å²) in [6.45, 7) is 0.753. The second kappa shape index (κ2) is 7.78. The van der Waals surface area contributed by atoms with Crippen molar-refractivity contribution in [3.05, 3.63) is 30.0 Å². The Morgan fingerprint density at radius 1 is 1.19 bits per heavy atom. The Balaban J connectivity index is 1.34. The summed E-state index contributed by atoms with van der Waals surface area (Å²) in [7, 11) is 0. The van der Waals surface area contributed by atoms with Gasteiger partial charge in [0, 0.05) is 49.7 Å². The molecule has 2 heterocycles. The Bertz CT molecular complexity index is 873. The summed E-state index contributed by atoms with van der Waals surface area (Å²) >= 11 is 0. The van der Waals surface area contributed by atoms with Crippen LogP contribution in [-0.2, 0) is 4.79 Å². The molecule has 8 heteroatoms. The number of carbonyl (C=O) groups is 2. The van der Waals surface area contributed by atoms with E-state index in [1.165, 1.54) is 0 Å². The maximum Gasteiger partial charge on any atom is 0.251 e. The summed E-state index contributed by atoms with van der Waals surface area (Å²) < 4.78 is 0. The molecule has 0 saturated heterocycles. The zero-order valence-corrected chi connectivity index (χ0v) is 14.3. The van der Waals surface area contributed by atoms with Crippen LogP contribution in [0.25, 0.3) is 10.9 Å². The molecule has 26 heavy (non-hydrogen) atoms. The van der Waals surface area contributed by atoms with Gasteiger partial charge in [0.25, 0.3) is 5.91 Å². The number of aromatic nitrogens is 2. The van der Waals surface area contributed by atoms with E-state index in [4.69, 9.17) is 6.42 Å². The van der Waals surface area contributed by atoms with Gasteiger partial charge in [0.2, 0.25) is 5.91 Å². The molecule has 1 aromatic carbocycles. The molecule has 0 unspecified atom stereocenters. The highest BCUT2D eigenvalue weighted by Crippen LogP contribution is 2.35. The number of aromatic amines is 1. The number of benzene rings is 1. The normalized spacial score (nSPS) is 14.0. The van der Waals surface area contributed by atoms with Gasteiger partial charge < -0.3 is 10.6 Å². The number of H-pyrrole nitrogens is 1. The lowest BCUT2D eigenvalue weighted by Gasteiger charge is -2.10. The van der Waals surface area contributed by atoms with E-state index in [0.29, 0.717) is 24.9 Å². The highest BCUT2D eigenvalue weighted by molar-refractivity contribution is 5.97. The van der Waals surface area contributed by atoms with Crippen LogP contribution >= 0.6 is 0 Å². The van der Waals surface area contributed by atoms with E-state index in [9.17, 15) is 9.59 Å². The van der Waals surface area contributed by atoms with Crippen molar-refractivity contribution < 1.29 is 9.59 Å². The number of amides is 2. The fourth-order valence-corrected chi connectivity index (χ4v) is 2.63. The van der Waals surface area contributed by atoms with Gasteiger partial charge in [-0.25, -0.2) is 0 Å². The van der Waals surface area contributed by atoms with Gasteiger partial charge in [0.05, 0.1) is 11.7 Å². The third-order valence-corrected chi connectivity index (χ3v) is 4.24. The summed E-state index contributed by atoms with van der Waals surface area (Å²) in [4.78, 5) is 24.0. The van der Waals surface area contributed by atoms with Crippen LogP contribution < -0.4 is 10.6 Å². The van der Waals surface area contributed by atoms with Crippen LogP contribution in [0.1, 0.15) is 36.0 Å². The van der Waals surface area contributed by atoms with E-state index >= 15 is 0 Å². The minimum Gasteiger partial charge on any atom is -0.356 e. The second-order valence-corrected chi connectivity index (χ2v) is 6.16. The zero-order chi connectivity index (χ0) is 18.4. The lowest BCUT2D eigenvalue weighted by molar-refractivity contribution is -0.120. The second-order valence-electron chi connectivity index (χ2n) is 6.16. The van der Waals surface area contributed by atoms with E-state index < -0.39 is 0 Å². The van der Waals surface area contributed by atoms with E-state index in [-0.39, 0.29) is 30.4 Å². The molecule has 2 amide bonds. The molecular formula is C18H20N6O2. The predicted molar refractivity (Wildman–Crippen MR) is 96.3 cm³/mol. The molecular weight excluding hydrogens is 332 g/mol. The Hall–Kier alpha value is -3.21. The van der Waals surface area contributed by atoms with E-state index in [1.807, 2.05) is 6.07 Å². The minimum atomic E-state index is -0.390. The number of nitrogens with one attached hydrogen (secondary N) is 3. The fourth-order valence-electron chi connectivity index (χ4n) is 2.63. The van der Waals surface area contributed by atoms with Crippen molar-refractivity contribution in [2.45, 2.75) is 31.3 Å². The number of terminal acetylenes is 1. The molecule has 1 aliphatic rings. The standard InChI is InChI=1S/C18H20N6O2/c1-2-3-7-18(23-24-18)8-10-19-16(25)6-9-20-17(26)13-4-5-14-12-21-22-15(14)11-13/h1,4-5,11-12H,3,6-10H2,(H,19,25)(H,20,26)(H,21,22). The molecule has 2 aromatic rings. The Kier molecular flexibility index (Phi) is 5.27. The molecule has 1 aliphatic heterocycles. The Morgan fingerprint density at radius 3 is 2.81 bits per heavy atom. The average Bonchev–Trinajstić information content (AvgIpc) is 3.24. The van der Waals surface area contributed by atoms with Crippen LogP contribution in [-0.4, -0.2) is 40.8 Å². The topological polar surface area (TPSA) is 112 Å². The van der Waals surface area contributed by atoms with Crippen molar-refractivity contribution in [3.63, 3.8) is 0 Å². The summed E-state index contributed by atoms with van der Waals surface area (Å²) in [6.07, 6.45) is 9.14. The number of nitrogens with zero attached hydrogens (tertiary/aromatic N) is 3. The maximum absolute atomic E-state index is 12.1. The van der Waals surface area contributed by atoms with Crippen molar-refractivity contribution in [1.82, 2.24) is 20.8 Å². The Morgan fingerprint density at radius 2 is 2.04 bits per heavy atom. The summed E-state index contributed by atoms with van der Waals surface area (Å²) in [5, 5.41) is 21.3. The first-order valence-corrected chi connectivity index (χ1v) is 8.47. The number of fused-ring (bicyclic) bond motifs is 1. The summed E-state index contributed by atoms with van der Waals surface area (Å²) in [5.74, 6) is 2.22. The van der Waals surface area contributed by atoms with Crippen molar-refractivity contribution in [2.75, 3.05) is 13.1 Å². The first-order valence-electron chi connectivity index (χ1n) is 8.47. The van der Waals surface area contributed by atoms with Crippen molar-refractivity contribution in [1.29, 1.82) is 0 Å². The van der Waals surface area contributed by atoms with Gasteiger partial charge in [0.1, 0.15) is 0 Å². The van der Waals surface area contributed by atoms with Gasteiger partial charge >= 0.3 is 0 Å². The van der Waals surface area contributed by atoms with Gasteiger partial charge in [-0.1, -0.05) is 6.07 Å². The molecule has 134 valence electrons. The minimum absolute atomic E-state index is 0.123. The van der Waals surface area contributed by atoms with Crippen LogP contribution in [0.5, 0.6) is 0 Å². The van der Waals surface area contributed by atoms with Crippen LogP contribution in [0.2, 0.25) is 0 Å². The predicted octanol–water partition coefficient (Wildman–Crippen LogP) is 1.76. The zero-order valence-electron chi connectivity index (χ0n) is 14.3. The molecule has 0 radical (unpaired) electrons. The molecule has 0 fully saturated rings. The van der Waals surface area contributed by atoms with Crippen molar-refractivity contribution >= 4 is 22.7 Å². The number of rotatable bonds is 9. The first-order chi connectivity index (χ1) is 12.6. The molecule has 0 saturated carbocycles. The van der Waals surface area contributed by atoms with Gasteiger partial charge in [-0.2, -0.15) is 15.3 Å². The lowest BCUT2D eigenvalue weighted by atomic mass is 10.0. The monoisotopic (exact) mass is 352 g/mol. The van der Waals surface area contributed by atoms with Gasteiger partial charge in [-0.05, 0) is 12.1 Å². The molecule has 3 rings (SSSR count). The molecule has 0 bridgehead atoms. The quantitative estimate of drug-likeness (QED) is 0.598. The highest BCUT2D eigenvalue weighted by atomic mass is 16.2. The van der Waals surface area contributed by atoms with Gasteiger partial charge in [0.15, 0.2) is 5.66 Å². The molecule has 0 aliphatic carbocycles. The van der Waals surface area contributed by atoms with Crippen molar-refractivity contribution in [2.24, 2.45) is 10.2 Å². The molecule has 8 nitrogen and oxygen atoms in total. The van der Waals surface area contributed by atoms with Gasteiger partial charge in [-0.3, -0.25) is 14.7 Å². The van der Waals surface area contributed by atoms with Gasteiger partial charge in [-0.15, -0.1) is 12.3 Å². The lowest BCUT2D eigenvalue weighted by Crippen LogP contribution is -2.32. The average molecular weight is 352 g/mol. The van der Waals surface area contributed by atoms with Crippen LogP contribution in [0.15, 0.2) is 34.6 Å². The third kappa shape index (κ3) is 4.45. The van der Waals surface area contributed by atoms with E-state index in [2.05, 4.69) is 37.0 Å².